The van der Waals surface area contributed by atoms with Gasteiger partial charge in [-0.15, -0.1) is 0 Å². The number of fused-ring (bicyclic) bond motifs is 1. The first-order valence-electron chi connectivity index (χ1n) is 7.70. The van der Waals surface area contributed by atoms with E-state index in [1.807, 2.05) is 19.1 Å². The number of amides is 1. The predicted octanol–water partition coefficient (Wildman–Crippen LogP) is 3.45. The number of halogens is 1. The third kappa shape index (κ3) is 4.39. The van der Waals surface area contributed by atoms with E-state index in [1.54, 1.807) is 30.3 Å². The number of rotatable bonds is 5. The largest absolute Gasteiger partial charge is 0.484 e. The molecule has 1 N–H and O–H groups in total. The summed E-state index contributed by atoms with van der Waals surface area (Å²) >= 11 is 5.82. The van der Waals surface area contributed by atoms with E-state index < -0.39 is 5.63 Å². The molecule has 0 unspecified atom stereocenters. The molecule has 1 aromatic heterocycles. The quantitative estimate of drug-likeness (QED) is 0.710. The second kappa shape index (κ2) is 7.40. The molecule has 128 valence electrons. The highest BCUT2D eigenvalue weighted by Crippen LogP contribution is 2.22. The molecule has 5 nitrogen and oxygen atoms in total. The lowest BCUT2D eigenvalue weighted by atomic mass is 10.1. The Morgan fingerprint density at radius 3 is 2.68 bits per heavy atom. The molecule has 3 aromatic rings. The third-order valence-electron chi connectivity index (χ3n) is 3.70. The van der Waals surface area contributed by atoms with Crippen LogP contribution in [0, 0.1) is 6.92 Å². The lowest BCUT2D eigenvalue weighted by Crippen LogP contribution is -2.28. The number of nitrogens with one attached hydrogen (secondary N) is 1. The van der Waals surface area contributed by atoms with Gasteiger partial charge in [-0.2, -0.15) is 0 Å². The van der Waals surface area contributed by atoms with Crippen molar-refractivity contribution in [1.82, 2.24) is 5.32 Å². The summed E-state index contributed by atoms with van der Waals surface area (Å²) in [4.78, 5) is 23.3. The normalized spacial score (nSPS) is 10.6. The highest BCUT2D eigenvalue weighted by molar-refractivity contribution is 6.30. The molecule has 0 aliphatic heterocycles. The van der Waals surface area contributed by atoms with Crippen LogP contribution in [-0.2, 0) is 11.3 Å². The van der Waals surface area contributed by atoms with Crippen molar-refractivity contribution >= 4 is 28.5 Å². The van der Waals surface area contributed by atoms with E-state index in [0.29, 0.717) is 22.9 Å². The summed E-state index contributed by atoms with van der Waals surface area (Å²) in [6.07, 6.45) is 0. The first-order chi connectivity index (χ1) is 12.0. The minimum Gasteiger partial charge on any atom is -0.484 e. The molecule has 0 bridgehead atoms. The number of benzene rings is 2. The van der Waals surface area contributed by atoms with E-state index in [1.165, 1.54) is 6.07 Å². The highest BCUT2D eigenvalue weighted by atomic mass is 35.5. The smallest absolute Gasteiger partial charge is 0.336 e. The fraction of sp³-hybridized carbons (Fsp3) is 0.158. The molecule has 6 heteroatoms. The monoisotopic (exact) mass is 357 g/mol. The van der Waals surface area contributed by atoms with Gasteiger partial charge >= 0.3 is 5.63 Å². The Morgan fingerprint density at radius 1 is 1.16 bits per heavy atom. The summed E-state index contributed by atoms with van der Waals surface area (Å²) in [5, 5.41) is 4.25. The van der Waals surface area contributed by atoms with Crippen molar-refractivity contribution in [1.29, 1.82) is 0 Å². The lowest BCUT2D eigenvalue weighted by Gasteiger charge is -2.08. The predicted molar refractivity (Wildman–Crippen MR) is 96.0 cm³/mol. The van der Waals surface area contributed by atoms with Crippen LogP contribution in [0.5, 0.6) is 5.75 Å². The fourth-order valence-electron chi connectivity index (χ4n) is 2.40. The van der Waals surface area contributed by atoms with Crippen molar-refractivity contribution in [3.63, 3.8) is 0 Å². The van der Waals surface area contributed by atoms with E-state index in [2.05, 4.69) is 5.32 Å². The van der Waals surface area contributed by atoms with Crippen LogP contribution < -0.4 is 15.7 Å². The van der Waals surface area contributed by atoms with Crippen molar-refractivity contribution in [3.8, 4) is 5.75 Å². The van der Waals surface area contributed by atoms with Crippen molar-refractivity contribution in [2.45, 2.75) is 13.5 Å². The van der Waals surface area contributed by atoms with Gasteiger partial charge in [-0.3, -0.25) is 4.79 Å². The third-order valence-corrected chi connectivity index (χ3v) is 3.95. The number of hydrogen-bond acceptors (Lipinski definition) is 4. The minimum absolute atomic E-state index is 0.130. The maximum Gasteiger partial charge on any atom is 0.336 e. The van der Waals surface area contributed by atoms with Gasteiger partial charge in [0, 0.05) is 29.1 Å². The Morgan fingerprint density at radius 2 is 1.92 bits per heavy atom. The molecular formula is C19H16ClNO4. The van der Waals surface area contributed by atoms with Crippen molar-refractivity contribution < 1.29 is 13.9 Å². The first-order valence-corrected chi connectivity index (χ1v) is 8.07. The van der Waals surface area contributed by atoms with E-state index in [4.69, 9.17) is 20.8 Å². The molecular weight excluding hydrogens is 342 g/mol. The molecule has 0 aliphatic carbocycles. The number of hydrogen-bond donors (Lipinski definition) is 1. The topological polar surface area (TPSA) is 68.5 Å². The Bertz CT molecular complexity index is 963. The van der Waals surface area contributed by atoms with Crippen LogP contribution in [0.25, 0.3) is 11.0 Å². The maximum atomic E-state index is 11.9. The van der Waals surface area contributed by atoms with Crippen LogP contribution in [-0.4, -0.2) is 12.5 Å². The molecule has 0 radical (unpaired) electrons. The van der Waals surface area contributed by atoms with Gasteiger partial charge in [0.05, 0.1) is 0 Å². The highest BCUT2D eigenvalue weighted by Gasteiger charge is 2.06. The van der Waals surface area contributed by atoms with Gasteiger partial charge in [0.15, 0.2) is 6.61 Å². The van der Waals surface area contributed by atoms with Crippen molar-refractivity contribution in [2.24, 2.45) is 0 Å². The average molecular weight is 358 g/mol. The summed E-state index contributed by atoms with van der Waals surface area (Å²) in [5.41, 5.74) is 1.80. The van der Waals surface area contributed by atoms with Gasteiger partial charge in [-0.05, 0) is 42.3 Å². The van der Waals surface area contributed by atoms with Gasteiger partial charge < -0.3 is 14.5 Å². The summed E-state index contributed by atoms with van der Waals surface area (Å²) < 4.78 is 10.6. The zero-order valence-corrected chi connectivity index (χ0v) is 14.3. The fourth-order valence-corrected chi connectivity index (χ4v) is 2.52. The van der Waals surface area contributed by atoms with Gasteiger partial charge in [-0.1, -0.05) is 23.7 Å². The SMILES string of the molecule is Cc1cc(=O)oc2cc(OCC(=O)NCc3ccc(Cl)cc3)ccc12. The van der Waals surface area contributed by atoms with Crippen LogP contribution in [0.2, 0.25) is 5.02 Å². The summed E-state index contributed by atoms with van der Waals surface area (Å²) in [6, 6.07) is 13.8. The summed E-state index contributed by atoms with van der Waals surface area (Å²) in [7, 11) is 0. The molecule has 3 rings (SSSR count). The van der Waals surface area contributed by atoms with E-state index in [9.17, 15) is 9.59 Å². The molecule has 0 saturated carbocycles. The molecule has 1 heterocycles. The van der Waals surface area contributed by atoms with E-state index >= 15 is 0 Å². The van der Waals surface area contributed by atoms with Crippen LogP contribution in [0.15, 0.2) is 57.7 Å². The van der Waals surface area contributed by atoms with Crippen LogP contribution in [0.4, 0.5) is 0 Å². The minimum atomic E-state index is -0.414. The number of carbonyl (C=O) groups excluding carboxylic acids is 1. The van der Waals surface area contributed by atoms with Crippen LogP contribution in [0.1, 0.15) is 11.1 Å². The van der Waals surface area contributed by atoms with Gasteiger partial charge in [0.1, 0.15) is 11.3 Å². The van der Waals surface area contributed by atoms with E-state index in [-0.39, 0.29) is 12.5 Å². The Labute approximate surface area is 149 Å². The van der Waals surface area contributed by atoms with Gasteiger partial charge in [0.2, 0.25) is 0 Å². The summed E-state index contributed by atoms with van der Waals surface area (Å²) in [5.74, 6) is 0.212. The maximum absolute atomic E-state index is 11.9. The lowest BCUT2D eigenvalue weighted by molar-refractivity contribution is -0.123. The molecule has 25 heavy (non-hydrogen) atoms. The second-order valence-electron chi connectivity index (χ2n) is 5.60. The van der Waals surface area contributed by atoms with Crippen molar-refractivity contribution in [2.75, 3.05) is 6.61 Å². The van der Waals surface area contributed by atoms with E-state index in [0.717, 1.165) is 16.5 Å². The number of aryl methyl sites for hydroxylation is 1. The van der Waals surface area contributed by atoms with Gasteiger partial charge in [0.25, 0.3) is 5.91 Å². The molecule has 0 fully saturated rings. The van der Waals surface area contributed by atoms with Crippen molar-refractivity contribution in [3.05, 3.63) is 75.1 Å². The molecule has 0 spiro atoms. The molecule has 0 saturated heterocycles. The van der Waals surface area contributed by atoms with Crippen LogP contribution >= 0.6 is 11.6 Å². The Balaban J connectivity index is 1.59. The Hall–Kier alpha value is -2.79. The van der Waals surface area contributed by atoms with Gasteiger partial charge in [-0.25, -0.2) is 4.79 Å². The Kier molecular flexibility index (Phi) is 5.05. The average Bonchev–Trinajstić information content (AvgIpc) is 2.59. The van der Waals surface area contributed by atoms with Crippen LogP contribution in [0.3, 0.4) is 0 Å². The molecule has 2 aromatic carbocycles. The zero-order valence-electron chi connectivity index (χ0n) is 13.5. The number of carbonyl (C=O) groups is 1. The first kappa shape index (κ1) is 17.0. The zero-order chi connectivity index (χ0) is 17.8. The molecule has 1 amide bonds. The molecule has 0 aliphatic rings. The standard InChI is InChI=1S/C19H16ClNO4/c1-12-8-19(23)25-17-9-15(6-7-16(12)17)24-11-18(22)21-10-13-2-4-14(20)5-3-13/h2-9H,10-11H2,1H3,(H,21,22). The number of ether oxygens (including phenoxy) is 1. The molecule has 0 atom stereocenters. The second-order valence-corrected chi connectivity index (χ2v) is 6.03. The summed E-state index contributed by atoms with van der Waals surface area (Å²) in [6.45, 7) is 2.10.